The van der Waals surface area contributed by atoms with E-state index in [4.69, 9.17) is 5.73 Å². The molecule has 0 atom stereocenters. The summed E-state index contributed by atoms with van der Waals surface area (Å²) in [6.07, 6.45) is 2.84. The van der Waals surface area contributed by atoms with Gasteiger partial charge in [-0.15, -0.1) is 0 Å². The minimum absolute atomic E-state index is 0.779. The van der Waals surface area contributed by atoms with Crippen LogP contribution >= 0.6 is 0 Å². The van der Waals surface area contributed by atoms with E-state index in [-0.39, 0.29) is 0 Å². The highest BCUT2D eigenvalue weighted by atomic mass is 14.7. The van der Waals surface area contributed by atoms with Gasteiger partial charge in [-0.1, -0.05) is 30.3 Å². The average Bonchev–Trinajstić information content (AvgIpc) is 2.39. The summed E-state index contributed by atoms with van der Waals surface area (Å²) in [4.78, 5) is 4.46. The molecule has 3 aromatic rings. The van der Waals surface area contributed by atoms with Gasteiger partial charge in [0.05, 0.1) is 5.52 Å². The van der Waals surface area contributed by atoms with Crippen LogP contribution in [0.5, 0.6) is 0 Å². The van der Waals surface area contributed by atoms with Crippen LogP contribution in [0.2, 0.25) is 0 Å². The Morgan fingerprint density at radius 1 is 0.889 bits per heavy atom. The van der Waals surface area contributed by atoms with Crippen molar-refractivity contribution in [1.29, 1.82) is 0 Å². The van der Waals surface area contributed by atoms with Crippen molar-refractivity contribution in [3.8, 4) is 0 Å². The van der Waals surface area contributed by atoms with Crippen LogP contribution in [-0.2, 0) is 6.42 Å². The van der Waals surface area contributed by atoms with Gasteiger partial charge in [0.15, 0.2) is 0 Å². The number of hydrogen-bond donors (Lipinski definition) is 1. The molecule has 0 amide bonds. The Hall–Kier alpha value is -2.35. The van der Waals surface area contributed by atoms with Crippen LogP contribution in [0.15, 0.2) is 60.8 Å². The van der Waals surface area contributed by atoms with Crippen molar-refractivity contribution in [1.82, 2.24) is 4.98 Å². The lowest BCUT2D eigenvalue weighted by Crippen LogP contribution is -1.91. The third kappa shape index (κ3) is 2.18. The molecule has 88 valence electrons. The lowest BCUT2D eigenvalue weighted by atomic mass is 10.0. The van der Waals surface area contributed by atoms with Gasteiger partial charge in [-0.05, 0) is 41.8 Å². The molecule has 0 saturated heterocycles. The van der Waals surface area contributed by atoms with Crippen molar-refractivity contribution in [2.75, 3.05) is 5.73 Å². The molecule has 0 aliphatic carbocycles. The molecule has 2 nitrogen and oxygen atoms in total. The molecule has 1 aromatic heterocycles. The van der Waals surface area contributed by atoms with Crippen LogP contribution < -0.4 is 5.73 Å². The van der Waals surface area contributed by atoms with Crippen molar-refractivity contribution >= 4 is 16.6 Å². The fourth-order valence-corrected chi connectivity index (χ4v) is 2.12. The Bertz CT molecular complexity index is 675. The minimum atomic E-state index is 0.779. The lowest BCUT2D eigenvalue weighted by molar-refractivity contribution is 1.17. The van der Waals surface area contributed by atoms with Gasteiger partial charge in [0, 0.05) is 17.3 Å². The van der Waals surface area contributed by atoms with Crippen molar-refractivity contribution < 1.29 is 0 Å². The van der Waals surface area contributed by atoms with Crippen molar-refractivity contribution in [2.45, 2.75) is 6.42 Å². The maximum absolute atomic E-state index is 5.80. The highest BCUT2D eigenvalue weighted by Crippen LogP contribution is 2.18. The quantitative estimate of drug-likeness (QED) is 0.690. The summed E-state index contributed by atoms with van der Waals surface area (Å²) in [7, 11) is 0. The number of anilines is 1. The molecular weight excluding hydrogens is 220 g/mol. The number of nitrogens with zero attached hydrogens (tertiary/aromatic N) is 1. The molecule has 2 heteroatoms. The second-order valence-electron chi connectivity index (χ2n) is 4.46. The van der Waals surface area contributed by atoms with Crippen molar-refractivity contribution in [3.05, 3.63) is 71.9 Å². The smallest absolute Gasteiger partial charge is 0.0703 e. The van der Waals surface area contributed by atoms with Crippen LogP contribution in [0.4, 0.5) is 5.69 Å². The van der Waals surface area contributed by atoms with Gasteiger partial charge < -0.3 is 5.73 Å². The summed E-state index contributed by atoms with van der Waals surface area (Å²) < 4.78 is 0. The summed E-state index contributed by atoms with van der Waals surface area (Å²) in [5, 5.41) is 1.10. The molecule has 1 heterocycles. The van der Waals surface area contributed by atoms with Gasteiger partial charge in [-0.25, -0.2) is 0 Å². The van der Waals surface area contributed by atoms with Crippen LogP contribution in [0.1, 0.15) is 11.1 Å². The normalized spacial score (nSPS) is 10.7. The number of benzene rings is 2. The molecule has 0 radical (unpaired) electrons. The SMILES string of the molecule is Nc1ccc2ncc(Cc3ccccc3)cc2c1. The summed E-state index contributed by atoms with van der Waals surface area (Å²) >= 11 is 0. The molecule has 3 rings (SSSR count). The van der Waals surface area contributed by atoms with Crippen molar-refractivity contribution in [2.24, 2.45) is 0 Å². The van der Waals surface area contributed by atoms with Gasteiger partial charge >= 0.3 is 0 Å². The third-order valence-corrected chi connectivity index (χ3v) is 3.01. The predicted octanol–water partition coefficient (Wildman–Crippen LogP) is 3.41. The molecule has 2 N–H and O–H groups in total. The second kappa shape index (κ2) is 4.49. The zero-order chi connectivity index (χ0) is 12.4. The molecule has 0 bridgehead atoms. The fraction of sp³-hybridized carbons (Fsp3) is 0.0625. The van der Waals surface area contributed by atoms with E-state index in [0.717, 1.165) is 23.0 Å². The van der Waals surface area contributed by atoms with E-state index in [0.29, 0.717) is 0 Å². The Balaban J connectivity index is 1.98. The molecule has 0 spiro atoms. The highest BCUT2D eigenvalue weighted by molar-refractivity contribution is 5.82. The van der Waals surface area contributed by atoms with Crippen LogP contribution in [0.3, 0.4) is 0 Å². The highest BCUT2D eigenvalue weighted by Gasteiger charge is 2.00. The number of hydrogen-bond acceptors (Lipinski definition) is 2. The summed E-state index contributed by atoms with van der Waals surface area (Å²) in [6.45, 7) is 0. The zero-order valence-electron chi connectivity index (χ0n) is 10.0. The summed E-state index contributed by atoms with van der Waals surface area (Å²) in [6, 6.07) is 18.4. The van der Waals surface area contributed by atoms with E-state index in [1.54, 1.807) is 0 Å². The van der Waals surface area contributed by atoms with Gasteiger partial charge in [-0.3, -0.25) is 4.98 Å². The fourth-order valence-electron chi connectivity index (χ4n) is 2.12. The predicted molar refractivity (Wildman–Crippen MR) is 75.4 cm³/mol. The van der Waals surface area contributed by atoms with Gasteiger partial charge in [0.2, 0.25) is 0 Å². The van der Waals surface area contributed by atoms with Gasteiger partial charge in [0.1, 0.15) is 0 Å². The number of nitrogens with two attached hydrogens (primary N) is 1. The maximum atomic E-state index is 5.80. The molecule has 0 aliphatic rings. The first-order valence-corrected chi connectivity index (χ1v) is 5.99. The van der Waals surface area contributed by atoms with E-state index in [1.807, 2.05) is 30.5 Å². The van der Waals surface area contributed by atoms with E-state index in [9.17, 15) is 0 Å². The maximum Gasteiger partial charge on any atom is 0.0703 e. The van der Waals surface area contributed by atoms with E-state index in [1.165, 1.54) is 11.1 Å². The van der Waals surface area contributed by atoms with Crippen LogP contribution in [-0.4, -0.2) is 4.98 Å². The topological polar surface area (TPSA) is 38.9 Å². The van der Waals surface area contributed by atoms with E-state index >= 15 is 0 Å². The number of fused-ring (bicyclic) bond motifs is 1. The molecule has 0 saturated carbocycles. The molecule has 0 unspecified atom stereocenters. The standard InChI is InChI=1S/C16H14N2/c17-15-6-7-16-14(10-15)9-13(11-18-16)8-12-4-2-1-3-5-12/h1-7,9-11H,8,17H2. The number of pyridine rings is 1. The lowest BCUT2D eigenvalue weighted by Gasteiger charge is -2.04. The monoisotopic (exact) mass is 234 g/mol. The average molecular weight is 234 g/mol. The van der Waals surface area contributed by atoms with Crippen LogP contribution in [0.25, 0.3) is 10.9 Å². The summed E-state index contributed by atoms with van der Waals surface area (Å²) in [5.41, 5.74) is 10.1. The zero-order valence-corrected chi connectivity index (χ0v) is 10.0. The molecule has 0 aliphatic heterocycles. The Morgan fingerprint density at radius 3 is 2.56 bits per heavy atom. The minimum Gasteiger partial charge on any atom is -0.399 e. The second-order valence-corrected chi connectivity index (χ2v) is 4.46. The Kier molecular flexibility index (Phi) is 2.69. The summed E-state index contributed by atoms with van der Waals surface area (Å²) in [5.74, 6) is 0. The first kappa shape index (κ1) is 10.8. The van der Waals surface area contributed by atoms with Gasteiger partial charge in [-0.2, -0.15) is 0 Å². The molecule has 18 heavy (non-hydrogen) atoms. The van der Waals surface area contributed by atoms with Crippen molar-refractivity contribution in [3.63, 3.8) is 0 Å². The Morgan fingerprint density at radius 2 is 1.72 bits per heavy atom. The Labute approximate surface area is 106 Å². The molecule has 0 fully saturated rings. The van der Waals surface area contributed by atoms with Crippen LogP contribution in [0, 0.1) is 0 Å². The first-order valence-electron chi connectivity index (χ1n) is 5.99. The molecule has 2 aromatic carbocycles. The van der Waals surface area contributed by atoms with Gasteiger partial charge in [0.25, 0.3) is 0 Å². The first-order chi connectivity index (χ1) is 8.81. The number of nitrogen functional groups attached to an aromatic ring is 1. The number of aromatic nitrogens is 1. The van der Waals surface area contributed by atoms with E-state index < -0.39 is 0 Å². The molecular formula is C16H14N2. The largest absolute Gasteiger partial charge is 0.399 e. The number of rotatable bonds is 2. The van der Waals surface area contributed by atoms with E-state index in [2.05, 4.69) is 35.3 Å². The third-order valence-electron chi connectivity index (χ3n) is 3.01.